The third-order valence-corrected chi connectivity index (χ3v) is 12.6. The van der Waals surface area contributed by atoms with Crippen LogP contribution in [0.15, 0.2) is 97.2 Å². The minimum atomic E-state index is -0.815. The van der Waals surface area contributed by atoms with Gasteiger partial charge >= 0.3 is 17.9 Å². The normalized spacial score (nSPS) is 12.8. The van der Waals surface area contributed by atoms with Crippen LogP contribution in [0.2, 0.25) is 0 Å². The Bertz CT molecular complexity index is 1410. The van der Waals surface area contributed by atoms with Crippen molar-refractivity contribution in [1.29, 1.82) is 0 Å². The Morgan fingerprint density at radius 3 is 1.06 bits per heavy atom. The second-order valence-corrected chi connectivity index (χ2v) is 19.5. The summed E-state index contributed by atoms with van der Waals surface area (Å²) in [5, 5.41) is 0. The molecule has 0 saturated heterocycles. The molecule has 71 heavy (non-hydrogen) atoms. The smallest absolute Gasteiger partial charge is 0.306 e. The highest BCUT2D eigenvalue weighted by atomic mass is 16.6. The van der Waals surface area contributed by atoms with Crippen molar-refractivity contribution in [3.8, 4) is 0 Å². The minimum absolute atomic E-state index is 0.105. The number of carbonyl (C=O) groups is 3. The monoisotopic (exact) mass is 987 g/mol. The summed E-state index contributed by atoms with van der Waals surface area (Å²) in [4.78, 5) is 38.2. The molecule has 0 spiro atoms. The zero-order chi connectivity index (χ0) is 51.4. The molecule has 0 N–H and O–H groups in total. The average molecular weight is 988 g/mol. The molecule has 6 heteroatoms. The molecule has 0 fully saturated rings. The maximum atomic E-state index is 12.9. The van der Waals surface area contributed by atoms with E-state index in [1.54, 1.807) is 0 Å². The molecule has 0 bridgehead atoms. The Balaban J connectivity index is 4.48. The summed E-state index contributed by atoms with van der Waals surface area (Å²) in [6.45, 7) is 6.44. The van der Waals surface area contributed by atoms with E-state index in [4.69, 9.17) is 14.2 Å². The fourth-order valence-corrected chi connectivity index (χ4v) is 8.12. The molecule has 0 saturated carbocycles. The Labute approximate surface area is 438 Å². The van der Waals surface area contributed by atoms with Crippen LogP contribution in [0, 0.1) is 0 Å². The quantitative estimate of drug-likeness (QED) is 0.0199. The first-order valence-electron chi connectivity index (χ1n) is 29.8. The van der Waals surface area contributed by atoms with Gasteiger partial charge in [0, 0.05) is 19.3 Å². The van der Waals surface area contributed by atoms with Gasteiger partial charge in [0.2, 0.25) is 0 Å². The van der Waals surface area contributed by atoms with E-state index in [9.17, 15) is 14.4 Å². The fourth-order valence-electron chi connectivity index (χ4n) is 8.12. The predicted octanol–water partition coefficient (Wildman–Crippen LogP) is 20.1. The zero-order valence-electron chi connectivity index (χ0n) is 46.5. The summed E-state index contributed by atoms with van der Waals surface area (Å²) in [6.07, 6.45) is 78.4. The molecular formula is C65H110O6. The molecule has 0 rings (SSSR count). The molecule has 0 aromatic carbocycles. The Morgan fingerprint density at radius 2 is 0.620 bits per heavy atom. The van der Waals surface area contributed by atoms with Gasteiger partial charge in [-0.05, 0) is 103 Å². The van der Waals surface area contributed by atoms with Crippen molar-refractivity contribution in [2.24, 2.45) is 0 Å². The average Bonchev–Trinajstić information content (AvgIpc) is 3.37. The second-order valence-electron chi connectivity index (χ2n) is 19.5. The van der Waals surface area contributed by atoms with E-state index in [2.05, 4.69) is 112 Å². The van der Waals surface area contributed by atoms with Crippen molar-refractivity contribution < 1.29 is 28.6 Å². The first-order valence-corrected chi connectivity index (χ1v) is 29.8. The van der Waals surface area contributed by atoms with E-state index in [-0.39, 0.29) is 37.5 Å². The summed E-state index contributed by atoms with van der Waals surface area (Å²) >= 11 is 0. The predicted molar refractivity (Wildman–Crippen MR) is 307 cm³/mol. The standard InChI is InChI=1S/C65H110O6/c1-4-7-10-13-16-19-22-25-28-31-33-35-37-40-43-46-49-52-55-58-64(67)70-61-62(60-69-63(66)57-54-51-48-45-42-39-36-30-27-24-21-18-15-12-9-6-3)71-65(68)59-56-53-50-47-44-41-38-34-32-29-26-23-20-17-14-11-8-5-2/h9,12,16,18-19,21-22,25,27,30,34,38-39,42,48,51,62H,4-8,10-11,13-15,17,20,23-24,26,28-29,31-33,35-37,40-41,43-47,49-50,52-61H2,1-3H3/b12-9-,19-16-,21-18-,25-22-,30-27-,38-34-,42-39-,51-48-. The largest absolute Gasteiger partial charge is 0.462 e. The molecule has 1 atom stereocenters. The number of ether oxygens (including phenoxy) is 3. The maximum Gasteiger partial charge on any atom is 0.306 e. The first-order chi connectivity index (χ1) is 35.0. The van der Waals surface area contributed by atoms with Crippen molar-refractivity contribution in [2.45, 2.75) is 284 Å². The highest BCUT2D eigenvalue weighted by Gasteiger charge is 2.19. The summed E-state index contributed by atoms with van der Waals surface area (Å²) < 4.78 is 16.8. The van der Waals surface area contributed by atoms with E-state index in [1.165, 1.54) is 148 Å². The van der Waals surface area contributed by atoms with Gasteiger partial charge in [-0.3, -0.25) is 14.4 Å². The van der Waals surface area contributed by atoms with Crippen molar-refractivity contribution in [1.82, 2.24) is 0 Å². The number of esters is 3. The van der Waals surface area contributed by atoms with Crippen LogP contribution in [-0.4, -0.2) is 37.2 Å². The molecular weight excluding hydrogens is 877 g/mol. The van der Waals surface area contributed by atoms with Crippen LogP contribution in [0.4, 0.5) is 0 Å². The maximum absolute atomic E-state index is 12.9. The van der Waals surface area contributed by atoms with Crippen LogP contribution in [0.25, 0.3) is 0 Å². The summed E-state index contributed by atoms with van der Waals surface area (Å²) in [6, 6.07) is 0. The number of rotatable bonds is 53. The van der Waals surface area contributed by atoms with Crippen molar-refractivity contribution >= 4 is 17.9 Å². The van der Waals surface area contributed by atoms with Gasteiger partial charge in [-0.15, -0.1) is 0 Å². The van der Waals surface area contributed by atoms with Crippen LogP contribution in [0.3, 0.4) is 0 Å². The van der Waals surface area contributed by atoms with Crippen molar-refractivity contribution in [2.75, 3.05) is 13.2 Å². The topological polar surface area (TPSA) is 78.9 Å². The lowest BCUT2D eigenvalue weighted by Crippen LogP contribution is -2.30. The summed E-state index contributed by atoms with van der Waals surface area (Å²) in [5.74, 6) is -0.998. The fraction of sp³-hybridized carbons (Fsp3) is 0.708. The summed E-state index contributed by atoms with van der Waals surface area (Å²) in [7, 11) is 0. The molecule has 6 nitrogen and oxygen atoms in total. The van der Waals surface area contributed by atoms with Crippen molar-refractivity contribution in [3.05, 3.63) is 97.2 Å². The molecule has 0 radical (unpaired) electrons. The summed E-state index contributed by atoms with van der Waals surface area (Å²) in [5.41, 5.74) is 0. The molecule has 0 aliphatic rings. The lowest BCUT2D eigenvalue weighted by Gasteiger charge is -2.18. The lowest BCUT2D eigenvalue weighted by atomic mass is 10.1. The molecule has 0 amide bonds. The zero-order valence-corrected chi connectivity index (χ0v) is 46.5. The van der Waals surface area contributed by atoms with Gasteiger partial charge in [-0.2, -0.15) is 0 Å². The van der Waals surface area contributed by atoms with E-state index in [0.717, 1.165) is 83.5 Å². The van der Waals surface area contributed by atoms with Gasteiger partial charge in [0.05, 0.1) is 0 Å². The number of unbranched alkanes of at least 4 members (excludes halogenated alkanes) is 27. The van der Waals surface area contributed by atoms with Gasteiger partial charge in [0.15, 0.2) is 6.10 Å². The number of carbonyl (C=O) groups excluding carboxylic acids is 3. The SMILES string of the molecule is CC/C=C\C/C=C\C/C=C\C/C=C\C/C=C\CCC(=O)OCC(COC(=O)CCCCCCCCCCCC/C=C\C=C/CCCCC)OC(=O)CCCCCCC/C=C\CCCCCCCCCCC. The molecule has 0 aromatic rings. The van der Waals surface area contributed by atoms with Gasteiger partial charge in [-0.25, -0.2) is 0 Å². The van der Waals surface area contributed by atoms with E-state index in [1.807, 2.05) is 6.08 Å². The van der Waals surface area contributed by atoms with Crippen LogP contribution in [0.5, 0.6) is 0 Å². The molecule has 0 heterocycles. The molecule has 0 aliphatic carbocycles. The van der Waals surface area contributed by atoms with Gasteiger partial charge in [-0.1, -0.05) is 253 Å². The van der Waals surface area contributed by atoms with Crippen molar-refractivity contribution in [3.63, 3.8) is 0 Å². The Kier molecular flexibility index (Phi) is 55.9. The number of hydrogen-bond donors (Lipinski definition) is 0. The van der Waals surface area contributed by atoms with E-state index in [0.29, 0.717) is 19.3 Å². The minimum Gasteiger partial charge on any atom is -0.462 e. The Morgan fingerprint density at radius 1 is 0.310 bits per heavy atom. The molecule has 0 aliphatic heterocycles. The number of allylic oxidation sites excluding steroid dienone is 16. The highest BCUT2D eigenvalue weighted by molar-refractivity contribution is 5.71. The van der Waals surface area contributed by atoms with Crippen LogP contribution >= 0.6 is 0 Å². The van der Waals surface area contributed by atoms with Crippen LogP contribution in [-0.2, 0) is 28.6 Å². The molecule has 406 valence electrons. The van der Waals surface area contributed by atoms with Crippen LogP contribution in [0.1, 0.15) is 278 Å². The van der Waals surface area contributed by atoms with Gasteiger partial charge in [0.25, 0.3) is 0 Å². The van der Waals surface area contributed by atoms with Gasteiger partial charge in [0.1, 0.15) is 13.2 Å². The second kappa shape index (κ2) is 58.9. The van der Waals surface area contributed by atoms with Crippen LogP contribution < -0.4 is 0 Å². The third-order valence-electron chi connectivity index (χ3n) is 12.6. The third kappa shape index (κ3) is 57.1. The highest BCUT2D eigenvalue weighted by Crippen LogP contribution is 2.15. The number of hydrogen-bond acceptors (Lipinski definition) is 6. The first kappa shape index (κ1) is 67.3. The molecule has 1 unspecified atom stereocenters. The molecule has 0 aromatic heterocycles. The van der Waals surface area contributed by atoms with E-state index >= 15 is 0 Å². The lowest BCUT2D eigenvalue weighted by molar-refractivity contribution is -0.166. The Hall–Kier alpha value is -3.67. The van der Waals surface area contributed by atoms with Gasteiger partial charge < -0.3 is 14.2 Å². The van der Waals surface area contributed by atoms with E-state index < -0.39 is 6.10 Å².